The van der Waals surface area contributed by atoms with Gasteiger partial charge in [-0.15, -0.1) is 0 Å². The largest absolute Gasteiger partial charge is 0.497 e. The van der Waals surface area contributed by atoms with Gasteiger partial charge in [-0.2, -0.15) is 0 Å². The zero-order chi connectivity index (χ0) is 24.1. The highest BCUT2D eigenvalue weighted by molar-refractivity contribution is 6.21. The molecule has 0 saturated heterocycles. The minimum atomic E-state index is -1.96. The number of esters is 1. The number of rotatable bonds is 9. The highest BCUT2D eigenvalue weighted by Gasteiger charge is 2.48. The normalized spacial score (nSPS) is 17.3. The third-order valence-electron chi connectivity index (χ3n) is 5.67. The molecule has 1 heterocycles. The Labute approximate surface area is 198 Å². The average Bonchev–Trinajstić information content (AvgIpc) is 3.13. The van der Waals surface area contributed by atoms with Crippen molar-refractivity contribution in [3.05, 3.63) is 108 Å². The van der Waals surface area contributed by atoms with Gasteiger partial charge in [0.15, 0.2) is 0 Å². The van der Waals surface area contributed by atoms with E-state index < -0.39 is 11.8 Å². The van der Waals surface area contributed by atoms with Crippen LogP contribution in [0.5, 0.6) is 17.2 Å². The van der Waals surface area contributed by atoms with Crippen LogP contribution in [0.3, 0.4) is 0 Å². The summed E-state index contributed by atoms with van der Waals surface area (Å²) in [4.78, 5) is 13.3. The predicted molar refractivity (Wildman–Crippen MR) is 129 cm³/mol. The second-order valence-corrected chi connectivity index (χ2v) is 7.74. The van der Waals surface area contributed by atoms with Crippen LogP contribution in [0, 0.1) is 0 Å². The van der Waals surface area contributed by atoms with Crippen LogP contribution in [0.25, 0.3) is 5.57 Å². The molecule has 4 rings (SSSR count). The zero-order valence-corrected chi connectivity index (χ0v) is 19.1. The number of carbonyl (C=O) groups is 1. The van der Waals surface area contributed by atoms with Gasteiger partial charge in [-0.25, -0.2) is 4.79 Å². The Kier molecular flexibility index (Phi) is 6.70. The van der Waals surface area contributed by atoms with E-state index in [1.165, 1.54) is 0 Å². The molecule has 1 N–H and O–H groups in total. The van der Waals surface area contributed by atoms with Crippen molar-refractivity contribution < 1.29 is 28.8 Å². The molecule has 0 saturated carbocycles. The molecular formula is C28H26O6. The van der Waals surface area contributed by atoms with Gasteiger partial charge >= 0.3 is 5.97 Å². The van der Waals surface area contributed by atoms with Crippen molar-refractivity contribution in [2.24, 2.45) is 0 Å². The van der Waals surface area contributed by atoms with Gasteiger partial charge in [0, 0.05) is 23.1 Å². The van der Waals surface area contributed by atoms with Crippen molar-refractivity contribution in [3.8, 4) is 17.2 Å². The summed E-state index contributed by atoms with van der Waals surface area (Å²) in [6.45, 7) is 3.94. The van der Waals surface area contributed by atoms with Crippen LogP contribution in [0.2, 0.25) is 0 Å². The highest BCUT2D eigenvalue weighted by atomic mass is 16.7. The lowest BCUT2D eigenvalue weighted by Gasteiger charge is -2.26. The van der Waals surface area contributed by atoms with E-state index >= 15 is 0 Å². The number of hydrogen-bond donors (Lipinski definition) is 1. The van der Waals surface area contributed by atoms with Crippen LogP contribution >= 0.6 is 0 Å². The molecule has 0 aromatic heterocycles. The van der Waals surface area contributed by atoms with Crippen molar-refractivity contribution in [2.45, 2.75) is 12.2 Å². The number of carbonyl (C=O) groups excluding carboxylic acids is 1. The molecular weight excluding hydrogens is 432 g/mol. The molecule has 0 amide bonds. The molecule has 0 bridgehead atoms. The first kappa shape index (κ1) is 23.1. The summed E-state index contributed by atoms with van der Waals surface area (Å²) in [6.07, 6.45) is 1.90. The maximum absolute atomic E-state index is 13.3. The SMILES string of the molecule is C=CCOc1ccc(OC)cc1C1=C(Cc2ccccc2)C(O)(c2ccc(OC)cc2)OC1=O. The van der Waals surface area contributed by atoms with Crippen molar-refractivity contribution in [3.63, 3.8) is 0 Å². The van der Waals surface area contributed by atoms with Crippen LogP contribution in [-0.2, 0) is 21.7 Å². The molecule has 0 radical (unpaired) electrons. The third kappa shape index (κ3) is 4.40. The molecule has 0 spiro atoms. The lowest BCUT2D eigenvalue weighted by molar-refractivity contribution is -0.185. The molecule has 1 unspecified atom stereocenters. The Bertz CT molecular complexity index is 1210. The van der Waals surface area contributed by atoms with Crippen LogP contribution < -0.4 is 14.2 Å². The molecule has 3 aromatic carbocycles. The Hall–Kier alpha value is -4.03. The molecule has 3 aromatic rings. The van der Waals surface area contributed by atoms with Crippen molar-refractivity contribution in [1.29, 1.82) is 0 Å². The first-order valence-electron chi connectivity index (χ1n) is 10.8. The Morgan fingerprint density at radius 2 is 1.65 bits per heavy atom. The molecule has 1 aliphatic heterocycles. The molecule has 6 nitrogen and oxygen atoms in total. The topological polar surface area (TPSA) is 74.2 Å². The van der Waals surface area contributed by atoms with Crippen LogP contribution in [0.15, 0.2) is 91.0 Å². The molecule has 34 heavy (non-hydrogen) atoms. The van der Waals surface area contributed by atoms with Gasteiger partial charge in [0.25, 0.3) is 5.79 Å². The summed E-state index contributed by atoms with van der Waals surface area (Å²) in [5.41, 5.74) is 2.45. The summed E-state index contributed by atoms with van der Waals surface area (Å²) in [5, 5.41) is 11.8. The second-order valence-electron chi connectivity index (χ2n) is 7.74. The summed E-state index contributed by atoms with van der Waals surface area (Å²) < 4.78 is 22.1. The minimum absolute atomic E-state index is 0.236. The van der Waals surface area contributed by atoms with Crippen LogP contribution in [0.4, 0.5) is 0 Å². The smallest absolute Gasteiger partial charge is 0.342 e. The molecule has 1 atom stereocenters. The van der Waals surface area contributed by atoms with Crippen molar-refractivity contribution in [2.75, 3.05) is 20.8 Å². The van der Waals surface area contributed by atoms with Crippen LogP contribution in [-0.4, -0.2) is 31.9 Å². The molecule has 174 valence electrons. The fourth-order valence-electron chi connectivity index (χ4n) is 3.98. The van der Waals surface area contributed by atoms with Crippen molar-refractivity contribution >= 4 is 11.5 Å². The lowest BCUT2D eigenvalue weighted by atomic mass is 9.87. The van der Waals surface area contributed by atoms with E-state index in [1.54, 1.807) is 62.8 Å². The van der Waals surface area contributed by atoms with Crippen molar-refractivity contribution in [1.82, 2.24) is 0 Å². The minimum Gasteiger partial charge on any atom is -0.497 e. The monoisotopic (exact) mass is 458 g/mol. The zero-order valence-electron chi connectivity index (χ0n) is 19.1. The average molecular weight is 459 g/mol. The summed E-state index contributed by atoms with van der Waals surface area (Å²) >= 11 is 0. The van der Waals surface area contributed by atoms with Gasteiger partial charge in [0.1, 0.15) is 23.9 Å². The number of cyclic esters (lactones) is 1. The van der Waals surface area contributed by atoms with Gasteiger partial charge in [0.05, 0.1) is 19.8 Å². The van der Waals surface area contributed by atoms with E-state index in [9.17, 15) is 9.90 Å². The molecule has 6 heteroatoms. The standard InChI is InChI=1S/C28H26O6/c1-4-16-33-25-15-14-22(32-3)18-23(25)26-24(17-19-8-6-5-7-9-19)28(30,34-27(26)29)20-10-12-21(31-2)13-11-20/h4-15,18,30H,1,16-17H2,2-3H3. The van der Waals surface area contributed by atoms with Gasteiger partial charge in [-0.3, -0.25) is 0 Å². The molecule has 1 aliphatic rings. The lowest BCUT2D eigenvalue weighted by Crippen LogP contribution is -2.29. The Balaban J connectivity index is 1.94. The van der Waals surface area contributed by atoms with E-state index in [2.05, 4.69) is 6.58 Å². The summed E-state index contributed by atoms with van der Waals surface area (Å²) in [6, 6.07) is 21.6. The van der Waals surface area contributed by atoms with E-state index in [0.717, 1.165) is 5.56 Å². The van der Waals surface area contributed by atoms with E-state index in [-0.39, 0.29) is 18.6 Å². The first-order chi connectivity index (χ1) is 16.5. The van der Waals surface area contributed by atoms with Crippen LogP contribution in [0.1, 0.15) is 16.7 Å². The Morgan fingerprint density at radius 1 is 0.971 bits per heavy atom. The maximum atomic E-state index is 13.3. The Morgan fingerprint density at radius 3 is 2.29 bits per heavy atom. The predicted octanol–water partition coefficient (Wildman–Crippen LogP) is 4.67. The van der Waals surface area contributed by atoms with E-state index in [1.807, 2.05) is 30.3 Å². The second kappa shape index (κ2) is 9.85. The third-order valence-corrected chi connectivity index (χ3v) is 5.67. The van der Waals surface area contributed by atoms with E-state index in [4.69, 9.17) is 18.9 Å². The summed E-state index contributed by atoms with van der Waals surface area (Å²) in [7, 11) is 3.11. The molecule has 0 aliphatic carbocycles. The van der Waals surface area contributed by atoms with Gasteiger partial charge in [-0.05, 0) is 48.0 Å². The van der Waals surface area contributed by atoms with Gasteiger partial charge in [0.2, 0.25) is 0 Å². The quantitative estimate of drug-likeness (QED) is 0.371. The number of ether oxygens (including phenoxy) is 4. The fraction of sp³-hybridized carbons (Fsp3) is 0.179. The summed E-state index contributed by atoms with van der Waals surface area (Å²) in [5.74, 6) is -0.996. The number of hydrogen-bond acceptors (Lipinski definition) is 6. The highest BCUT2D eigenvalue weighted by Crippen LogP contribution is 2.47. The van der Waals surface area contributed by atoms with Gasteiger partial charge < -0.3 is 24.1 Å². The number of benzene rings is 3. The molecule has 0 fully saturated rings. The maximum Gasteiger partial charge on any atom is 0.342 e. The van der Waals surface area contributed by atoms with E-state index in [0.29, 0.717) is 33.9 Å². The number of aliphatic hydroxyl groups is 1. The van der Waals surface area contributed by atoms with Gasteiger partial charge in [-0.1, -0.05) is 43.0 Å². The first-order valence-corrected chi connectivity index (χ1v) is 10.8. The number of methoxy groups -OCH3 is 2. The fourth-order valence-corrected chi connectivity index (χ4v) is 3.98.